The van der Waals surface area contributed by atoms with E-state index in [0.29, 0.717) is 0 Å². The molecule has 2 unspecified atom stereocenters. The summed E-state index contributed by atoms with van der Waals surface area (Å²) in [5.41, 5.74) is 0.423. The third-order valence-corrected chi connectivity index (χ3v) is 6.76. The number of alkyl halides is 2. The average molecular weight is 488 g/mol. The van der Waals surface area contributed by atoms with Gasteiger partial charge in [-0.25, -0.2) is 0 Å². The number of halogens is 8. The summed E-state index contributed by atoms with van der Waals surface area (Å²) >= 11 is 47.7. The van der Waals surface area contributed by atoms with Crippen LogP contribution in [0.5, 0.6) is 0 Å². The Bertz CT molecular complexity index is 734. The van der Waals surface area contributed by atoms with Crippen molar-refractivity contribution in [1.29, 1.82) is 0 Å². The normalized spacial score (nSPS) is 26.5. The summed E-state index contributed by atoms with van der Waals surface area (Å²) in [7, 11) is 0. The third kappa shape index (κ3) is 3.58. The molecule has 10 heteroatoms. The van der Waals surface area contributed by atoms with E-state index in [0.717, 1.165) is 0 Å². The van der Waals surface area contributed by atoms with Gasteiger partial charge < -0.3 is 0 Å². The highest BCUT2D eigenvalue weighted by Crippen LogP contribution is 2.41. The van der Waals surface area contributed by atoms with Gasteiger partial charge in [-0.3, -0.25) is 9.59 Å². The molecule has 0 aromatic carbocycles. The standard InChI is InChI=1S/C14H4Cl8O2/c15-5-3(6(16)10(20)13(23)9(5)19)1-2-4-7(17)11(21)14(24)12(22)8(4)18/h1-2,9,11H. The fourth-order valence-electron chi connectivity index (χ4n) is 1.86. The number of ketones is 2. The van der Waals surface area contributed by atoms with Crippen molar-refractivity contribution in [3.05, 3.63) is 53.5 Å². The molecular weight excluding hydrogens is 484 g/mol. The molecule has 0 aliphatic heterocycles. The second kappa shape index (κ2) is 7.94. The number of Topliss-reactive ketones (excluding diaryl/α,β-unsaturated/α-hetero) is 2. The Labute approximate surface area is 177 Å². The highest BCUT2D eigenvalue weighted by atomic mass is 35.5. The lowest BCUT2D eigenvalue weighted by Crippen LogP contribution is -2.22. The fraction of sp³-hybridized carbons (Fsp3) is 0.143. The van der Waals surface area contributed by atoms with Crippen molar-refractivity contribution in [2.45, 2.75) is 10.8 Å². The van der Waals surface area contributed by atoms with Crippen molar-refractivity contribution in [2.24, 2.45) is 0 Å². The molecule has 24 heavy (non-hydrogen) atoms. The summed E-state index contributed by atoms with van der Waals surface area (Å²) in [6.07, 6.45) is 2.80. The first-order valence-corrected chi connectivity index (χ1v) is 9.18. The van der Waals surface area contributed by atoms with E-state index in [1.807, 2.05) is 0 Å². The molecule has 0 spiro atoms. The van der Waals surface area contributed by atoms with Crippen molar-refractivity contribution in [3.8, 4) is 0 Å². The lowest BCUT2D eigenvalue weighted by atomic mass is 10.0. The zero-order chi connectivity index (χ0) is 18.3. The summed E-state index contributed by atoms with van der Waals surface area (Å²) in [5, 5.41) is -2.96. The van der Waals surface area contributed by atoms with Gasteiger partial charge in [0.2, 0.25) is 0 Å². The predicted molar refractivity (Wildman–Crippen MR) is 102 cm³/mol. The molecule has 0 N–H and O–H groups in total. The predicted octanol–water partition coefficient (Wildman–Crippen LogP) is 6.29. The number of hydrogen-bond acceptors (Lipinski definition) is 2. The van der Waals surface area contributed by atoms with E-state index in [-0.39, 0.29) is 41.3 Å². The first-order valence-electron chi connectivity index (χ1n) is 6.04. The summed E-state index contributed by atoms with van der Waals surface area (Å²) in [6.45, 7) is 0. The van der Waals surface area contributed by atoms with Crippen molar-refractivity contribution in [3.63, 3.8) is 0 Å². The van der Waals surface area contributed by atoms with Crippen LogP contribution in [0.2, 0.25) is 0 Å². The Morgan fingerprint density at radius 3 is 1.17 bits per heavy atom. The molecular formula is C14H4Cl8O2. The Balaban J connectivity index is 2.51. The van der Waals surface area contributed by atoms with Crippen LogP contribution in [0, 0.1) is 0 Å². The number of hydrogen-bond donors (Lipinski definition) is 0. The quantitative estimate of drug-likeness (QED) is 0.429. The molecule has 0 saturated carbocycles. The van der Waals surface area contributed by atoms with Crippen molar-refractivity contribution in [1.82, 2.24) is 0 Å². The smallest absolute Gasteiger partial charge is 0.198 e. The van der Waals surface area contributed by atoms with Gasteiger partial charge in [0.1, 0.15) is 20.8 Å². The molecule has 0 saturated heterocycles. The molecule has 0 aromatic rings. The third-order valence-electron chi connectivity index (χ3n) is 3.13. The maximum atomic E-state index is 11.7. The molecule has 0 amide bonds. The maximum Gasteiger partial charge on any atom is 0.198 e. The molecule has 2 rings (SSSR count). The van der Waals surface area contributed by atoms with Gasteiger partial charge >= 0.3 is 0 Å². The van der Waals surface area contributed by atoms with Gasteiger partial charge in [-0.2, -0.15) is 0 Å². The van der Waals surface area contributed by atoms with E-state index in [4.69, 9.17) is 92.8 Å². The molecule has 128 valence electrons. The molecule has 0 radical (unpaired) electrons. The number of rotatable bonds is 2. The van der Waals surface area contributed by atoms with E-state index in [1.54, 1.807) is 0 Å². The number of carbonyl (C=O) groups excluding carboxylic acids is 2. The van der Waals surface area contributed by atoms with Crippen LogP contribution >= 0.6 is 92.8 Å². The fourth-order valence-corrected chi connectivity index (χ4v) is 3.97. The van der Waals surface area contributed by atoms with Gasteiger partial charge in [0.05, 0.1) is 20.1 Å². The van der Waals surface area contributed by atoms with Crippen LogP contribution in [0.4, 0.5) is 0 Å². The van der Waals surface area contributed by atoms with Crippen LogP contribution in [-0.2, 0) is 9.59 Å². The van der Waals surface area contributed by atoms with Crippen LogP contribution in [0.1, 0.15) is 0 Å². The summed E-state index contributed by atoms with van der Waals surface area (Å²) < 4.78 is 0. The molecule has 2 aliphatic carbocycles. The maximum absolute atomic E-state index is 11.7. The Morgan fingerprint density at radius 2 is 0.875 bits per heavy atom. The van der Waals surface area contributed by atoms with E-state index in [2.05, 4.69) is 0 Å². The van der Waals surface area contributed by atoms with Gasteiger partial charge in [0.15, 0.2) is 11.6 Å². The lowest BCUT2D eigenvalue weighted by molar-refractivity contribution is -0.114. The minimum atomic E-state index is -1.16. The first kappa shape index (κ1) is 20.7. The summed E-state index contributed by atoms with van der Waals surface area (Å²) in [6, 6.07) is 0. The highest BCUT2D eigenvalue weighted by molar-refractivity contribution is 6.58. The molecule has 2 nitrogen and oxygen atoms in total. The van der Waals surface area contributed by atoms with Crippen LogP contribution in [-0.4, -0.2) is 22.3 Å². The van der Waals surface area contributed by atoms with Crippen LogP contribution in [0.25, 0.3) is 0 Å². The minimum Gasteiger partial charge on any atom is -0.291 e. The first-order chi connectivity index (χ1) is 11.1. The van der Waals surface area contributed by atoms with E-state index >= 15 is 0 Å². The largest absolute Gasteiger partial charge is 0.291 e. The Morgan fingerprint density at radius 1 is 0.583 bits per heavy atom. The van der Waals surface area contributed by atoms with Crippen LogP contribution in [0.15, 0.2) is 53.5 Å². The Hall–Kier alpha value is 0.360. The second-order valence-corrected chi connectivity index (χ2v) is 7.77. The Kier molecular flexibility index (Phi) is 6.84. The van der Waals surface area contributed by atoms with Gasteiger partial charge in [0.25, 0.3) is 0 Å². The zero-order valence-corrected chi connectivity index (χ0v) is 17.2. The number of carbonyl (C=O) groups is 2. The molecule has 2 aliphatic rings. The SMILES string of the molecule is O=C1C(Cl)=C(Cl)C(C=CC2=C(Cl)C(Cl)C(=O)C(Cl)=C2Cl)=C(Cl)C1Cl. The molecule has 0 aromatic heterocycles. The molecule has 0 heterocycles. The zero-order valence-electron chi connectivity index (χ0n) is 11.1. The topological polar surface area (TPSA) is 34.1 Å². The van der Waals surface area contributed by atoms with Gasteiger partial charge in [0, 0.05) is 11.1 Å². The van der Waals surface area contributed by atoms with Crippen molar-refractivity contribution in [2.75, 3.05) is 0 Å². The summed E-state index contributed by atoms with van der Waals surface area (Å²) in [5.74, 6) is -1.21. The van der Waals surface area contributed by atoms with Crippen molar-refractivity contribution >= 4 is 104 Å². The van der Waals surface area contributed by atoms with E-state index in [1.165, 1.54) is 12.2 Å². The average Bonchev–Trinajstić information content (AvgIpc) is 2.57. The molecule has 0 fully saturated rings. The van der Waals surface area contributed by atoms with Crippen LogP contribution in [0.3, 0.4) is 0 Å². The van der Waals surface area contributed by atoms with Gasteiger partial charge in [-0.15, -0.1) is 23.2 Å². The highest BCUT2D eigenvalue weighted by Gasteiger charge is 2.34. The van der Waals surface area contributed by atoms with Gasteiger partial charge in [-0.1, -0.05) is 81.8 Å². The van der Waals surface area contributed by atoms with Crippen molar-refractivity contribution < 1.29 is 9.59 Å². The lowest BCUT2D eigenvalue weighted by Gasteiger charge is -2.19. The number of allylic oxidation sites excluding steroid dienone is 10. The minimum absolute atomic E-state index is 0.00968. The van der Waals surface area contributed by atoms with Crippen LogP contribution < -0.4 is 0 Å². The van der Waals surface area contributed by atoms with E-state index < -0.39 is 22.3 Å². The molecule has 0 bridgehead atoms. The summed E-state index contributed by atoms with van der Waals surface area (Å²) in [4.78, 5) is 23.5. The monoisotopic (exact) mass is 484 g/mol. The second-order valence-electron chi connectivity index (χ2n) is 4.57. The van der Waals surface area contributed by atoms with E-state index in [9.17, 15) is 9.59 Å². The molecule has 2 atom stereocenters. The van der Waals surface area contributed by atoms with Gasteiger partial charge in [-0.05, 0) is 0 Å².